The Morgan fingerprint density at radius 2 is 2.25 bits per heavy atom. The summed E-state index contributed by atoms with van der Waals surface area (Å²) >= 11 is 5.69. The second-order valence-corrected chi connectivity index (χ2v) is 4.50. The number of amides is 1. The Kier molecular flexibility index (Phi) is 2.89. The van der Waals surface area contributed by atoms with Gasteiger partial charge in [-0.1, -0.05) is 17.7 Å². The predicted molar refractivity (Wildman–Crippen MR) is 61.0 cm³/mol. The molecule has 4 heteroatoms. The first-order chi connectivity index (χ1) is 7.60. The van der Waals surface area contributed by atoms with Gasteiger partial charge in [0.2, 0.25) is 5.91 Å². The number of carbonyl (C=O) groups excluding carboxylic acids is 1. The van der Waals surface area contributed by atoms with Crippen LogP contribution in [-0.2, 0) is 10.2 Å². The van der Waals surface area contributed by atoms with Gasteiger partial charge >= 0.3 is 0 Å². The summed E-state index contributed by atoms with van der Waals surface area (Å²) in [5.74, 6) is -0.479. The van der Waals surface area contributed by atoms with Crippen LogP contribution in [0.3, 0.4) is 0 Å². The van der Waals surface area contributed by atoms with Crippen LogP contribution in [0.15, 0.2) is 18.2 Å². The average Bonchev–Trinajstić information content (AvgIpc) is 2.99. The van der Waals surface area contributed by atoms with E-state index in [0.717, 1.165) is 0 Å². The zero-order chi connectivity index (χ0) is 11.8. The summed E-state index contributed by atoms with van der Waals surface area (Å²) in [5.41, 5.74) is -0.187. The van der Waals surface area contributed by atoms with Crippen LogP contribution >= 0.6 is 11.6 Å². The third-order valence-corrected chi connectivity index (χ3v) is 3.20. The molecule has 0 aromatic heterocycles. The average molecular weight is 242 g/mol. The highest BCUT2D eigenvalue weighted by molar-refractivity contribution is 6.30. The molecule has 1 aliphatic rings. The summed E-state index contributed by atoms with van der Waals surface area (Å²) in [6.07, 6.45) is 1.41. The van der Waals surface area contributed by atoms with Gasteiger partial charge in [0.25, 0.3) is 0 Å². The maximum atomic E-state index is 13.7. The Morgan fingerprint density at radius 1 is 1.56 bits per heavy atom. The number of carbonyl (C=O) groups is 1. The molecule has 2 nitrogen and oxygen atoms in total. The van der Waals surface area contributed by atoms with Crippen molar-refractivity contribution >= 4 is 17.5 Å². The van der Waals surface area contributed by atoms with Crippen molar-refractivity contribution in [2.75, 3.05) is 6.54 Å². The van der Waals surface area contributed by atoms with E-state index in [0.29, 0.717) is 30.0 Å². The molecule has 1 aliphatic carbocycles. The van der Waals surface area contributed by atoms with Gasteiger partial charge < -0.3 is 5.32 Å². The molecule has 0 heterocycles. The van der Waals surface area contributed by atoms with Gasteiger partial charge in [-0.25, -0.2) is 4.39 Å². The van der Waals surface area contributed by atoms with Gasteiger partial charge in [-0.2, -0.15) is 0 Å². The number of halogens is 2. The largest absolute Gasteiger partial charge is 0.356 e. The van der Waals surface area contributed by atoms with Gasteiger partial charge in [-0.15, -0.1) is 0 Å². The van der Waals surface area contributed by atoms with Gasteiger partial charge in [0.1, 0.15) is 5.82 Å². The Bertz CT molecular complexity index is 429. The molecule has 1 aromatic carbocycles. The summed E-state index contributed by atoms with van der Waals surface area (Å²) in [6, 6.07) is 4.50. The first kappa shape index (κ1) is 11.4. The summed E-state index contributed by atoms with van der Waals surface area (Å²) in [4.78, 5) is 11.9. The van der Waals surface area contributed by atoms with Crippen molar-refractivity contribution in [3.63, 3.8) is 0 Å². The second-order valence-electron chi connectivity index (χ2n) is 4.07. The molecule has 86 valence electrons. The number of rotatable bonds is 3. The molecule has 0 atom stereocenters. The molecule has 1 fully saturated rings. The van der Waals surface area contributed by atoms with E-state index < -0.39 is 11.2 Å². The van der Waals surface area contributed by atoms with Crippen molar-refractivity contribution in [1.29, 1.82) is 0 Å². The molecular formula is C12H13ClFNO. The zero-order valence-electron chi connectivity index (χ0n) is 9.02. The van der Waals surface area contributed by atoms with Crippen LogP contribution in [0.5, 0.6) is 0 Å². The second kappa shape index (κ2) is 4.06. The monoisotopic (exact) mass is 241 g/mol. The molecule has 1 N–H and O–H groups in total. The fourth-order valence-electron chi connectivity index (χ4n) is 1.95. The van der Waals surface area contributed by atoms with E-state index in [1.54, 1.807) is 12.1 Å². The highest BCUT2D eigenvalue weighted by Gasteiger charge is 2.52. The SMILES string of the molecule is CCNC(=O)C1(c2ccc(Cl)cc2F)CC1. The van der Waals surface area contributed by atoms with E-state index in [1.807, 2.05) is 6.92 Å². The third kappa shape index (κ3) is 1.80. The lowest BCUT2D eigenvalue weighted by Gasteiger charge is -2.15. The van der Waals surface area contributed by atoms with Crippen LogP contribution in [0.4, 0.5) is 4.39 Å². The highest BCUT2D eigenvalue weighted by atomic mass is 35.5. The maximum Gasteiger partial charge on any atom is 0.230 e. The van der Waals surface area contributed by atoms with Crippen LogP contribution < -0.4 is 5.32 Å². The van der Waals surface area contributed by atoms with E-state index in [4.69, 9.17) is 11.6 Å². The Labute approximate surface area is 98.8 Å². The van der Waals surface area contributed by atoms with E-state index >= 15 is 0 Å². The van der Waals surface area contributed by atoms with Gasteiger partial charge in [-0.3, -0.25) is 4.79 Å². The van der Waals surface area contributed by atoms with E-state index in [9.17, 15) is 9.18 Å². The van der Waals surface area contributed by atoms with E-state index in [-0.39, 0.29) is 5.91 Å². The normalized spacial score (nSPS) is 16.9. The zero-order valence-corrected chi connectivity index (χ0v) is 9.77. The van der Waals surface area contributed by atoms with Crippen LogP contribution in [-0.4, -0.2) is 12.5 Å². The Balaban J connectivity index is 2.33. The predicted octanol–water partition coefficient (Wildman–Crippen LogP) is 2.65. The lowest BCUT2D eigenvalue weighted by Crippen LogP contribution is -2.35. The van der Waals surface area contributed by atoms with Crippen molar-refractivity contribution < 1.29 is 9.18 Å². The van der Waals surface area contributed by atoms with Gasteiger partial charge in [-0.05, 0) is 31.9 Å². The summed E-state index contributed by atoms with van der Waals surface area (Å²) in [7, 11) is 0. The van der Waals surface area contributed by atoms with Crippen molar-refractivity contribution in [1.82, 2.24) is 5.32 Å². The number of hydrogen-bond acceptors (Lipinski definition) is 1. The molecule has 2 rings (SSSR count). The fraction of sp³-hybridized carbons (Fsp3) is 0.417. The van der Waals surface area contributed by atoms with Crippen LogP contribution in [0.2, 0.25) is 5.02 Å². The number of benzene rings is 1. The first-order valence-corrected chi connectivity index (χ1v) is 5.72. The summed E-state index contributed by atoms with van der Waals surface area (Å²) < 4.78 is 13.7. The lowest BCUT2D eigenvalue weighted by atomic mass is 9.94. The standard InChI is InChI=1S/C12H13ClFNO/c1-2-15-11(16)12(5-6-12)9-4-3-8(13)7-10(9)14/h3-4,7H,2,5-6H2,1H3,(H,15,16). The summed E-state index contributed by atoms with van der Waals surface area (Å²) in [6.45, 7) is 2.42. The third-order valence-electron chi connectivity index (χ3n) is 2.97. The van der Waals surface area contributed by atoms with E-state index in [1.165, 1.54) is 6.07 Å². The molecule has 0 radical (unpaired) electrons. The number of hydrogen-bond donors (Lipinski definition) is 1. The molecule has 1 amide bonds. The smallest absolute Gasteiger partial charge is 0.230 e. The van der Waals surface area contributed by atoms with Gasteiger partial charge in [0.15, 0.2) is 0 Å². The Hall–Kier alpha value is -1.09. The fourth-order valence-corrected chi connectivity index (χ4v) is 2.11. The van der Waals surface area contributed by atoms with Gasteiger partial charge in [0, 0.05) is 17.1 Å². The van der Waals surface area contributed by atoms with Crippen LogP contribution in [0.1, 0.15) is 25.3 Å². The minimum absolute atomic E-state index is 0.0868. The molecular weight excluding hydrogens is 229 g/mol. The van der Waals surface area contributed by atoms with Crippen molar-refractivity contribution in [3.05, 3.63) is 34.6 Å². The molecule has 0 bridgehead atoms. The maximum absolute atomic E-state index is 13.7. The molecule has 1 aromatic rings. The quantitative estimate of drug-likeness (QED) is 0.866. The molecule has 0 unspecified atom stereocenters. The van der Waals surface area contributed by atoms with Crippen LogP contribution in [0, 0.1) is 5.82 Å². The molecule has 16 heavy (non-hydrogen) atoms. The molecule has 0 spiro atoms. The van der Waals surface area contributed by atoms with Gasteiger partial charge in [0.05, 0.1) is 5.41 Å². The number of nitrogens with one attached hydrogen (secondary N) is 1. The first-order valence-electron chi connectivity index (χ1n) is 5.34. The van der Waals surface area contributed by atoms with E-state index in [2.05, 4.69) is 5.32 Å². The van der Waals surface area contributed by atoms with Crippen molar-refractivity contribution in [2.45, 2.75) is 25.2 Å². The topological polar surface area (TPSA) is 29.1 Å². The molecule has 0 saturated heterocycles. The minimum Gasteiger partial charge on any atom is -0.356 e. The number of likely N-dealkylation sites (N-methyl/N-ethyl adjacent to an activating group) is 1. The Morgan fingerprint density at radius 3 is 2.75 bits per heavy atom. The summed E-state index contributed by atoms with van der Waals surface area (Å²) in [5, 5.41) is 3.10. The highest BCUT2D eigenvalue weighted by Crippen LogP contribution is 2.49. The van der Waals surface area contributed by atoms with Crippen LogP contribution in [0.25, 0.3) is 0 Å². The lowest BCUT2D eigenvalue weighted by molar-refractivity contribution is -0.123. The van der Waals surface area contributed by atoms with Crippen molar-refractivity contribution in [3.8, 4) is 0 Å². The molecule has 0 aliphatic heterocycles. The molecule has 1 saturated carbocycles. The minimum atomic E-state index is -0.648. The van der Waals surface area contributed by atoms with Crippen molar-refractivity contribution in [2.24, 2.45) is 0 Å².